The molecule has 2 rings (SSSR count). The van der Waals surface area contributed by atoms with Gasteiger partial charge in [-0.05, 0) is 42.0 Å². The van der Waals surface area contributed by atoms with Gasteiger partial charge in [-0.15, -0.1) is 0 Å². The number of halogens is 4. The zero-order valence-corrected chi connectivity index (χ0v) is 13.2. The number of hydrogen-bond donors (Lipinski definition) is 2. The summed E-state index contributed by atoms with van der Waals surface area (Å²) in [6.07, 6.45) is -2.47. The van der Waals surface area contributed by atoms with E-state index in [0.717, 1.165) is 24.3 Å². The molecule has 130 valence electrons. The number of hydrogen-bond acceptors (Lipinski definition) is 2. The summed E-state index contributed by atoms with van der Waals surface area (Å²) in [5.74, 6) is -1.97. The van der Waals surface area contributed by atoms with Gasteiger partial charge >= 0.3 is 12.1 Å². The van der Waals surface area contributed by atoms with Crippen molar-refractivity contribution in [3.63, 3.8) is 0 Å². The van der Waals surface area contributed by atoms with E-state index < -0.39 is 23.6 Å². The fourth-order valence-corrected chi connectivity index (χ4v) is 2.15. The van der Waals surface area contributed by atoms with E-state index in [2.05, 4.69) is 5.32 Å². The van der Waals surface area contributed by atoms with Crippen LogP contribution in [0.25, 0.3) is 6.08 Å². The lowest BCUT2D eigenvalue weighted by atomic mass is 10.1. The third kappa shape index (κ3) is 5.09. The highest BCUT2D eigenvalue weighted by molar-refractivity contribution is 6.31. The van der Waals surface area contributed by atoms with Crippen LogP contribution in [0.1, 0.15) is 21.5 Å². The first-order valence-electron chi connectivity index (χ1n) is 6.86. The van der Waals surface area contributed by atoms with Crippen LogP contribution in [-0.2, 0) is 11.0 Å². The zero-order chi connectivity index (χ0) is 18.6. The fourth-order valence-electron chi connectivity index (χ4n) is 1.97. The number of benzene rings is 2. The largest absolute Gasteiger partial charge is 0.478 e. The Kier molecular flexibility index (Phi) is 5.48. The van der Waals surface area contributed by atoms with Gasteiger partial charge in [-0.2, -0.15) is 13.2 Å². The van der Waals surface area contributed by atoms with Crippen LogP contribution in [0.5, 0.6) is 0 Å². The summed E-state index contributed by atoms with van der Waals surface area (Å²) in [6.45, 7) is 0. The highest BCUT2D eigenvalue weighted by Gasteiger charge is 2.30. The summed E-state index contributed by atoms with van der Waals surface area (Å²) in [6, 6.07) is 8.29. The van der Waals surface area contributed by atoms with Gasteiger partial charge in [0.2, 0.25) is 0 Å². The third-order valence-corrected chi connectivity index (χ3v) is 3.36. The number of amides is 1. The minimum atomic E-state index is -4.57. The number of carboxylic acid groups (broad SMARTS) is 1. The maximum absolute atomic E-state index is 12.7. The first-order valence-corrected chi connectivity index (χ1v) is 7.24. The Morgan fingerprint density at radius 2 is 1.84 bits per heavy atom. The standard InChI is InChI=1S/C17H11ClF3NO3/c18-13-6-4-10(5-7-15(23)24)14(9-13)22-16(25)11-2-1-3-12(8-11)17(19,20)21/h1-9H,(H,22,25)(H,23,24). The molecular weight excluding hydrogens is 359 g/mol. The average molecular weight is 370 g/mol. The van der Waals surface area contributed by atoms with Crippen LogP contribution >= 0.6 is 11.6 Å². The van der Waals surface area contributed by atoms with Gasteiger partial charge in [0.05, 0.1) is 5.56 Å². The van der Waals surface area contributed by atoms with Crippen molar-refractivity contribution in [1.29, 1.82) is 0 Å². The Balaban J connectivity index is 2.32. The second-order valence-electron chi connectivity index (χ2n) is 4.94. The molecule has 0 radical (unpaired) electrons. The predicted octanol–water partition coefficient (Wildman–Crippen LogP) is 4.71. The molecule has 25 heavy (non-hydrogen) atoms. The predicted molar refractivity (Wildman–Crippen MR) is 87.5 cm³/mol. The molecule has 0 bridgehead atoms. The first-order chi connectivity index (χ1) is 11.7. The lowest BCUT2D eigenvalue weighted by Crippen LogP contribution is -2.14. The van der Waals surface area contributed by atoms with Gasteiger partial charge < -0.3 is 10.4 Å². The SMILES string of the molecule is O=C(O)C=Cc1ccc(Cl)cc1NC(=O)c1cccc(C(F)(F)F)c1. The average Bonchev–Trinajstić information content (AvgIpc) is 2.53. The number of rotatable bonds is 4. The van der Waals surface area contributed by atoms with E-state index in [4.69, 9.17) is 16.7 Å². The van der Waals surface area contributed by atoms with Gasteiger partial charge in [-0.3, -0.25) is 4.79 Å². The Bertz CT molecular complexity index is 847. The van der Waals surface area contributed by atoms with Gasteiger partial charge in [0.1, 0.15) is 0 Å². The van der Waals surface area contributed by atoms with E-state index in [0.29, 0.717) is 5.56 Å². The fraction of sp³-hybridized carbons (Fsp3) is 0.0588. The Labute approximate surface area is 145 Å². The Morgan fingerprint density at radius 3 is 2.48 bits per heavy atom. The van der Waals surface area contributed by atoms with E-state index in [1.807, 2.05) is 0 Å². The molecule has 2 aromatic carbocycles. The molecule has 1 amide bonds. The molecule has 0 aliphatic heterocycles. The zero-order valence-electron chi connectivity index (χ0n) is 12.5. The molecule has 8 heteroatoms. The van der Waals surface area contributed by atoms with Crippen molar-refractivity contribution in [2.45, 2.75) is 6.18 Å². The second kappa shape index (κ2) is 7.40. The number of carboxylic acids is 1. The number of aliphatic carboxylic acids is 1. The molecular formula is C17H11ClF3NO3. The molecule has 0 saturated heterocycles. The summed E-state index contributed by atoms with van der Waals surface area (Å²) < 4.78 is 38.2. The second-order valence-corrected chi connectivity index (χ2v) is 5.37. The molecule has 4 nitrogen and oxygen atoms in total. The molecule has 0 fully saturated rings. The smallest absolute Gasteiger partial charge is 0.416 e. The summed E-state index contributed by atoms with van der Waals surface area (Å²) in [4.78, 5) is 22.9. The van der Waals surface area contributed by atoms with Gasteiger partial charge in [-0.25, -0.2) is 4.79 Å². The van der Waals surface area contributed by atoms with Gasteiger partial charge in [0.25, 0.3) is 5.91 Å². The van der Waals surface area contributed by atoms with E-state index in [-0.39, 0.29) is 16.3 Å². The molecule has 2 aromatic rings. The first kappa shape index (κ1) is 18.5. The molecule has 0 heterocycles. The summed E-state index contributed by atoms with van der Waals surface area (Å²) in [7, 11) is 0. The lowest BCUT2D eigenvalue weighted by Gasteiger charge is -2.11. The van der Waals surface area contributed by atoms with E-state index in [9.17, 15) is 22.8 Å². The van der Waals surface area contributed by atoms with Crippen LogP contribution in [0.3, 0.4) is 0 Å². The number of carbonyl (C=O) groups is 2. The normalized spacial score (nSPS) is 11.5. The van der Waals surface area contributed by atoms with Gasteiger partial charge in [0, 0.05) is 22.3 Å². The highest BCUT2D eigenvalue weighted by atomic mass is 35.5. The Morgan fingerprint density at radius 1 is 1.12 bits per heavy atom. The van der Waals surface area contributed by atoms with Crippen LogP contribution < -0.4 is 5.32 Å². The molecule has 0 atom stereocenters. The molecule has 0 unspecified atom stereocenters. The summed E-state index contributed by atoms with van der Waals surface area (Å²) in [5, 5.41) is 11.4. The topological polar surface area (TPSA) is 66.4 Å². The van der Waals surface area contributed by atoms with Crippen LogP contribution in [0.4, 0.5) is 18.9 Å². The van der Waals surface area contributed by atoms with Crippen molar-refractivity contribution in [2.75, 3.05) is 5.32 Å². The monoisotopic (exact) mass is 369 g/mol. The van der Waals surface area contributed by atoms with Crippen LogP contribution in [0.15, 0.2) is 48.5 Å². The molecule has 2 N–H and O–H groups in total. The summed E-state index contributed by atoms with van der Waals surface area (Å²) >= 11 is 5.85. The maximum Gasteiger partial charge on any atom is 0.416 e. The molecule has 0 saturated carbocycles. The summed E-state index contributed by atoms with van der Waals surface area (Å²) in [5.41, 5.74) is -0.625. The quantitative estimate of drug-likeness (QED) is 0.767. The van der Waals surface area contributed by atoms with Gasteiger partial charge in [0.15, 0.2) is 0 Å². The van der Waals surface area contributed by atoms with Crippen molar-refractivity contribution in [3.8, 4) is 0 Å². The van der Waals surface area contributed by atoms with Crippen molar-refractivity contribution >= 4 is 35.2 Å². The van der Waals surface area contributed by atoms with E-state index in [1.54, 1.807) is 0 Å². The Hall–Kier alpha value is -2.80. The van der Waals surface area contributed by atoms with Crippen LogP contribution in [0.2, 0.25) is 5.02 Å². The van der Waals surface area contributed by atoms with Crippen LogP contribution in [-0.4, -0.2) is 17.0 Å². The molecule has 0 spiro atoms. The van der Waals surface area contributed by atoms with Gasteiger partial charge in [-0.1, -0.05) is 23.7 Å². The van der Waals surface area contributed by atoms with Crippen molar-refractivity contribution in [1.82, 2.24) is 0 Å². The number of nitrogens with one attached hydrogen (secondary N) is 1. The number of carbonyl (C=O) groups excluding carboxylic acids is 1. The minimum absolute atomic E-state index is 0.174. The van der Waals surface area contributed by atoms with Crippen LogP contribution in [0, 0.1) is 0 Å². The minimum Gasteiger partial charge on any atom is -0.478 e. The van der Waals surface area contributed by atoms with Crippen molar-refractivity contribution in [2.24, 2.45) is 0 Å². The third-order valence-electron chi connectivity index (χ3n) is 3.12. The van der Waals surface area contributed by atoms with E-state index >= 15 is 0 Å². The molecule has 0 aliphatic carbocycles. The van der Waals surface area contributed by atoms with E-state index in [1.165, 1.54) is 30.3 Å². The lowest BCUT2D eigenvalue weighted by molar-refractivity contribution is -0.137. The van der Waals surface area contributed by atoms with Crippen molar-refractivity contribution < 1.29 is 27.9 Å². The number of alkyl halides is 3. The number of anilines is 1. The molecule has 0 aromatic heterocycles. The maximum atomic E-state index is 12.7. The molecule has 0 aliphatic rings. The van der Waals surface area contributed by atoms with Crippen molar-refractivity contribution in [3.05, 3.63) is 70.3 Å². The highest BCUT2D eigenvalue weighted by Crippen LogP contribution is 2.30.